The molecule has 4 heterocycles. The number of nitrogens with one attached hydrogen (secondary N) is 1. The lowest BCUT2D eigenvalue weighted by atomic mass is 9.99. The SMILES string of the molecule is Cc1ccc2[nH]c(=O)c([C@@H](c3nnnn3C[C@@H]3CCCO3)N3CCC(O)CC3)cc2c1. The summed E-state index contributed by atoms with van der Waals surface area (Å²) in [4.78, 5) is 18.4. The second-order valence-electron chi connectivity index (χ2n) is 8.67. The Bertz CT molecular complexity index is 1110. The van der Waals surface area contributed by atoms with Gasteiger partial charge in [-0.05, 0) is 66.6 Å². The van der Waals surface area contributed by atoms with Crippen molar-refractivity contribution in [1.29, 1.82) is 0 Å². The fourth-order valence-electron chi connectivity index (χ4n) is 4.71. The summed E-state index contributed by atoms with van der Waals surface area (Å²) in [5.41, 5.74) is 2.43. The summed E-state index contributed by atoms with van der Waals surface area (Å²) in [6.45, 7) is 4.71. The summed E-state index contributed by atoms with van der Waals surface area (Å²) < 4.78 is 7.57. The monoisotopic (exact) mass is 424 g/mol. The molecule has 0 saturated carbocycles. The summed E-state index contributed by atoms with van der Waals surface area (Å²) in [6.07, 6.45) is 3.12. The van der Waals surface area contributed by atoms with E-state index in [1.807, 2.05) is 25.1 Å². The Labute approximate surface area is 180 Å². The number of likely N-dealkylation sites (tertiary alicyclic amines) is 1. The Morgan fingerprint density at radius 1 is 1.26 bits per heavy atom. The van der Waals surface area contributed by atoms with Gasteiger partial charge in [0.1, 0.15) is 6.04 Å². The third-order valence-electron chi connectivity index (χ3n) is 6.39. The highest BCUT2D eigenvalue weighted by Crippen LogP contribution is 2.30. The molecule has 0 spiro atoms. The van der Waals surface area contributed by atoms with Gasteiger partial charge in [0.2, 0.25) is 0 Å². The Kier molecular flexibility index (Phi) is 5.56. The van der Waals surface area contributed by atoms with Crippen molar-refractivity contribution in [2.24, 2.45) is 0 Å². The van der Waals surface area contributed by atoms with E-state index in [0.717, 1.165) is 35.9 Å². The minimum Gasteiger partial charge on any atom is -0.393 e. The number of benzene rings is 1. The number of aromatic nitrogens is 5. The van der Waals surface area contributed by atoms with Crippen molar-refractivity contribution in [1.82, 2.24) is 30.1 Å². The molecular formula is C22H28N6O3. The Morgan fingerprint density at radius 3 is 2.87 bits per heavy atom. The molecule has 164 valence electrons. The maximum Gasteiger partial charge on any atom is 0.253 e. The van der Waals surface area contributed by atoms with Gasteiger partial charge >= 0.3 is 0 Å². The molecule has 3 aromatic rings. The Hall–Kier alpha value is -2.62. The van der Waals surface area contributed by atoms with Gasteiger partial charge in [-0.15, -0.1) is 5.10 Å². The van der Waals surface area contributed by atoms with E-state index in [4.69, 9.17) is 4.74 Å². The van der Waals surface area contributed by atoms with E-state index in [1.54, 1.807) is 4.68 Å². The number of rotatable bonds is 5. The molecule has 2 aliphatic heterocycles. The normalized spacial score (nSPS) is 21.7. The van der Waals surface area contributed by atoms with Crippen molar-refractivity contribution >= 4 is 10.9 Å². The van der Waals surface area contributed by atoms with Crippen molar-refractivity contribution in [3.05, 3.63) is 51.6 Å². The predicted octanol–water partition coefficient (Wildman–Crippen LogP) is 1.55. The summed E-state index contributed by atoms with van der Waals surface area (Å²) >= 11 is 0. The van der Waals surface area contributed by atoms with Gasteiger partial charge < -0.3 is 14.8 Å². The van der Waals surface area contributed by atoms with Crippen LogP contribution in [0.4, 0.5) is 0 Å². The van der Waals surface area contributed by atoms with Gasteiger partial charge in [-0.3, -0.25) is 9.69 Å². The van der Waals surface area contributed by atoms with Gasteiger partial charge in [0.05, 0.1) is 18.8 Å². The number of pyridine rings is 1. The second-order valence-corrected chi connectivity index (χ2v) is 8.67. The first kappa shape index (κ1) is 20.3. The summed E-state index contributed by atoms with van der Waals surface area (Å²) in [5.74, 6) is 0.643. The van der Waals surface area contributed by atoms with Crippen LogP contribution in [0, 0.1) is 6.92 Å². The standard InChI is InChI=1S/C22H28N6O3/c1-14-4-5-19-15(11-14)12-18(22(30)23-19)20(27-8-6-16(29)7-9-27)21-24-25-26-28(21)13-17-3-2-10-31-17/h4-5,11-12,16-17,20,29H,2-3,6-10,13H2,1H3,(H,23,30)/t17-,20-/m0/s1. The van der Waals surface area contributed by atoms with Crippen LogP contribution in [0.1, 0.15) is 48.7 Å². The van der Waals surface area contributed by atoms with Gasteiger partial charge in [-0.2, -0.15) is 0 Å². The van der Waals surface area contributed by atoms with Gasteiger partial charge in [0.25, 0.3) is 5.56 Å². The van der Waals surface area contributed by atoms with E-state index in [-0.39, 0.29) is 17.8 Å². The summed E-state index contributed by atoms with van der Waals surface area (Å²) in [7, 11) is 0. The van der Waals surface area contributed by atoms with Crippen LogP contribution in [-0.4, -0.2) is 67.1 Å². The minimum atomic E-state index is -0.391. The zero-order valence-electron chi connectivity index (χ0n) is 17.7. The number of tetrazole rings is 1. The highest BCUT2D eigenvalue weighted by Gasteiger charge is 2.33. The van der Waals surface area contributed by atoms with Crippen LogP contribution < -0.4 is 5.56 Å². The van der Waals surface area contributed by atoms with Crippen LogP contribution in [0.25, 0.3) is 10.9 Å². The molecule has 0 aliphatic carbocycles. The molecule has 0 bridgehead atoms. The number of H-pyrrole nitrogens is 1. The van der Waals surface area contributed by atoms with E-state index < -0.39 is 6.04 Å². The predicted molar refractivity (Wildman–Crippen MR) is 115 cm³/mol. The number of hydrogen-bond acceptors (Lipinski definition) is 7. The zero-order valence-corrected chi connectivity index (χ0v) is 17.7. The lowest BCUT2D eigenvalue weighted by molar-refractivity contribution is 0.0632. The van der Waals surface area contributed by atoms with Gasteiger partial charge in [-0.25, -0.2) is 4.68 Å². The molecule has 2 saturated heterocycles. The fourth-order valence-corrected chi connectivity index (χ4v) is 4.71. The van der Waals surface area contributed by atoms with Crippen LogP contribution in [0.2, 0.25) is 0 Å². The highest BCUT2D eigenvalue weighted by molar-refractivity contribution is 5.79. The Balaban J connectivity index is 1.59. The van der Waals surface area contributed by atoms with Crippen LogP contribution in [0.15, 0.2) is 29.1 Å². The van der Waals surface area contributed by atoms with Crippen LogP contribution in [0.3, 0.4) is 0 Å². The maximum absolute atomic E-state index is 13.2. The van der Waals surface area contributed by atoms with Gasteiger partial charge in [-0.1, -0.05) is 11.6 Å². The zero-order chi connectivity index (χ0) is 21.4. The number of hydrogen-bond donors (Lipinski definition) is 2. The van der Waals surface area contributed by atoms with E-state index in [9.17, 15) is 9.90 Å². The first-order valence-electron chi connectivity index (χ1n) is 11.0. The quantitative estimate of drug-likeness (QED) is 0.639. The van der Waals surface area contributed by atoms with Crippen molar-refractivity contribution in [3.8, 4) is 0 Å². The number of piperidine rings is 1. The minimum absolute atomic E-state index is 0.0867. The molecule has 0 amide bonds. The van der Waals surface area contributed by atoms with E-state index >= 15 is 0 Å². The molecule has 2 atom stereocenters. The molecule has 0 radical (unpaired) electrons. The molecule has 5 rings (SSSR count). The van der Waals surface area contributed by atoms with Gasteiger partial charge in [0.15, 0.2) is 5.82 Å². The third kappa shape index (κ3) is 4.13. The average Bonchev–Trinajstić information content (AvgIpc) is 3.43. The fraction of sp³-hybridized carbons (Fsp3) is 0.545. The molecule has 0 unspecified atom stereocenters. The maximum atomic E-state index is 13.2. The van der Waals surface area contributed by atoms with Crippen LogP contribution in [-0.2, 0) is 11.3 Å². The van der Waals surface area contributed by atoms with Gasteiger partial charge in [0, 0.05) is 30.8 Å². The first-order valence-corrected chi connectivity index (χ1v) is 11.0. The van der Waals surface area contributed by atoms with Crippen LogP contribution >= 0.6 is 0 Å². The van der Waals surface area contributed by atoms with E-state index in [0.29, 0.717) is 43.9 Å². The lowest BCUT2D eigenvalue weighted by Gasteiger charge is -2.35. The topological polar surface area (TPSA) is 109 Å². The number of aryl methyl sites for hydroxylation is 1. The van der Waals surface area contributed by atoms with Crippen molar-refractivity contribution < 1.29 is 9.84 Å². The molecule has 31 heavy (non-hydrogen) atoms. The smallest absolute Gasteiger partial charge is 0.253 e. The lowest BCUT2D eigenvalue weighted by Crippen LogP contribution is -2.42. The third-order valence-corrected chi connectivity index (χ3v) is 6.39. The molecule has 9 heteroatoms. The van der Waals surface area contributed by atoms with Crippen molar-refractivity contribution in [3.63, 3.8) is 0 Å². The summed E-state index contributed by atoms with van der Waals surface area (Å²) in [6, 6.07) is 7.56. The molecule has 2 N–H and O–H groups in total. The molecule has 2 fully saturated rings. The molecule has 1 aromatic carbocycles. The van der Waals surface area contributed by atoms with E-state index in [2.05, 4.69) is 31.5 Å². The van der Waals surface area contributed by atoms with Crippen LogP contribution in [0.5, 0.6) is 0 Å². The number of fused-ring (bicyclic) bond motifs is 1. The number of nitrogens with zero attached hydrogens (tertiary/aromatic N) is 5. The number of ether oxygens (including phenoxy) is 1. The van der Waals surface area contributed by atoms with Crippen molar-refractivity contribution in [2.45, 2.75) is 57.4 Å². The largest absolute Gasteiger partial charge is 0.393 e. The number of aliphatic hydroxyl groups is 1. The Morgan fingerprint density at radius 2 is 2.10 bits per heavy atom. The molecule has 2 aromatic heterocycles. The average molecular weight is 425 g/mol. The van der Waals surface area contributed by atoms with E-state index in [1.165, 1.54) is 0 Å². The number of aliphatic hydroxyl groups excluding tert-OH is 1. The molecule has 2 aliphatic rings. The first-order chi connectivity index (χ1) is 15.1. The molecule has 9 nitrogen and oxygen atoms in total. The second kappa shape index (κ2) is 8.49. The molecular weight excluding hydrogens is 396 g/mol. The number of aromatic amines is 1. The summed E-state index contributed by atoms with van der Waals surface area (Å²) in [5, 5.41) is 23.5. The highest BCUT2D eigenvalue weighted by atomic mass is 16.5. The van der Waals surface area contributed by atoms with Crippen molar-refractivity contribution in [2.75, 3.05) is 19.7 Å².